The first-order chi connectivity index (χ1) is 7.31. The van der Waals surface area contributed by atoms with Crippen molar-refractivity contribution in [3.05, 3.63) is 36.0 Å². The zero-order valence-corrected chi connectivity index (χ0v) is 9.11. The normalized spacial score (nSPS) is 11.1. The Hall–Kier alpha value is -1.28. The summed E-state index contributed by atoms with van der Waals surface area (Å²) in [6.45, 7) is 3.40. The standard InChI is InChI=1S/C13H17NO/c1-11-4-5-13-12(10-11)6-8-14(13)7-2-3-9-15/h4-6,8,10,15H,2-3,7,9H2,1H3. The molecule has 80 valence electrons. The van der Waals surface area contributed by atoms with Crippen LogP contribution < -0.4 is 0 Å². The molecule has 2 nitrogen and oxygen atoms in total. The monoisotopic (exact) mass is 203 g/mol. The molecule has 0 saturated heterocycles. The number of aromatic nitrogens is 1. The SMILES string of the molecule is Cc1ccc2c(ccn2CCCCO)c1. The molecule has 2 heteroatoms. The van der Waals surface area contributed by atoms with E-state index in [1.807, 2.05) is 0 Å². The van der Waals surface area contributed by atoms with Crippen LogP contribution in [0.1, 0.15) is 18.4 Å². The van der Waals surface area contributed by atoms with Crippen molar-refractivity contribution in [2.45, 2.75) is 26.3 Å². The van der Waals surface area contributed by atoms with E-state index < -0.39 is 0 Å². The maximum absolute atomic E-state index is 8.74. The molecule has 0 amide bonds. The second-order valence-corrected chi connectivity index (χ2v) is 4.00. The van der Waals surface area contributed by atoms with Crippen LogP contribution in [0.25, 0.3) is 10.9 Å². The zero-order chi connectivity index (χ0) is 10.7. The van der Waals surface area contributed by atoms with Gasteiger partial charge in [-0.3, -0.25) is 0 Å². The molecule has 0 spiro atoms. The third kappa shape index (κ3) is 2.21. The maximum Gasteiger partial charge on any atom is 0.0480 e. The van der Waals surface area contributed by atoms with Gasteiger partial charge in [-0.25, -0.2) is 0 Å². The number of rotatable bonds is 4. The molecule has 0 saturated carbocycles. The van der Waals surface area contributed by atoms with Gasteiger partial charge in [-0.1, -0.05) is 11.6 Å². The van der Waals surface area contributed by atoms with E-state index in [4.69, 9.17) is 5.11 Å². The van der Waals surface area contributed by atoms with Gasteiger partial charge in [0.2, 0.25) is 0 Å². The highest BCUT2D eigenvalue weighted by atomic mass is 16.2. The second kappa shape index (κ2) is 4.49. The van der Waals surface area contributed by atoms with Crippen molar-refractivity contribution < 1.29 is 5.11 Å². The van der Waals surface area contributed by atoms with Crippen molar-refractivity contribution >= 4 is 10.9 Å². The Kier molecular flexibility index (Phi) is 3.07. The van der Waals surface area contributed by atoms with Gasteiger partial charge < -0.3 is 9.67 Å². The van der Waals surface area contributed by atoms with E-state index in [1.165, 1.54) is 16.5 Å². The minimum Gasteiger partial charge on any atom is -0.396 e. The molecule has 0 aliphatic carbocycles. The van der Waals surface area contributed by atoms with Crippen LogP contribution in [0, 0.1) is 6.92 Å². The lowest BCUT2D eigenvalue weighted by Crippen LogP contribution is -1.97. The van der Waals surface area contributed by atoms with E-state index in [2.05, 4.69) is 42.0 Å². The van der Waals surface area contributed by atoms with Crippen LogP contribution >= 0.6 is 0 Å². The molecule has 1 heterocycles. The summed E-state index contributed by atoms with van der Waals surface area (Å²) in [5, 5.41) is 10.0. The van der Waals surface area contributed by atoms with E-state index in [0.29, 0.717) is 0 Å². The third-order valence-corrected chi connectivity index (χ3v) is 2.73. The molecule has 0 aliphatic heterocycles. The summed E-state index contributed by atoms with van der Waals surface area (Å²) in [6, 6.07) is 8.67. The topological polar surface area (TPSA) is 25.2 Å². The molecule has 0 aliphatic rings. The maximum atomic E-state index is 8.74. The molecule has 2 aromatic rings. The van der Waals surface area contributed by atoms with Gasteiger partial charge >= 0.3 is 0 Å². The highest BCUT2D eigenvalue weighted by Crippen LogP contribution is 2.17. The van der Waals surface area contributed by atoms with Crippen molar-refractivity contribution in [2.75, 3.05) is 6.61 Å². The first kappa shape index (κ1) is 10.2. The van der Waals surface area contributed by atoms with E-state index in [0.717, 1.165) is 19.4 Å². The molecule has 1 N–H and O–H groups in total. The van der Waals surface area contributed by atoms with Crippen molar-refractivity contribution in [1.29, 1.82) is 0 Å². The lowest BCUT2D eigenvalue weighted by atomic mass is 10.2. The predicted octanol–water partition coefficient (Wildman–Crippen LogP) is 2.72. The molecule has 0 radical (unpaired) electrons. The first-order valence-electron chi connectivity index (χ1n) is 5.47. The minimum atomic E-state index is 0.290. The summed E-state index contributed by atoms with van der Waals surface area (Å²) in [6.07, 6.45) is 4.04. The van der Waals surface area contributed by atoms with Gasteiger partial charge in [-0.05, 0) is 43.4 Å². The summed E-state index contributed by atoms with van der Waals surface area (Å²) in [5.74, 6) is 0. The number of aliphatic hydroxyl groups is 1. The number of nitrogens with zero attached hydrogens (tertiary/aromatic N) is 1. The van der Waals surface area contributed by atoms with Crippen molar-refractivity contribution in [3.63, 3.8) is 0 Å². The summed E-state index contributed by atoms with van der Waals surface area (Å²) >= 11 is 0. The van der Waals surface area contributed by atoms with Crippen molar-refractivity contribution in [3.8, 4) is 0 Å². The molecule has 0 fully saturated rings. The van der Waals surface area contributed by atoms with Crippen LogP contribution in [-0.2, 0) is 6.54 Å². The summed E-state index contributed by atoms with van der Waals surface area (Å²) < 4.78 is 2.25. The lowest BCUT2D eigenvalue weighted by Gasteiger charge is -2.04. The highest BCUT2D eigenvalue weighted by Gasteiger charge is 2.00. The Labute approximate surface area is 90.2 Å². The van der Waals surface area contributed by atoms with Crippen LogP contribution in [0.2, 0.25) is 0 Å². The van der Waals surface area contributed by atoms with Crippen molar-refractivity contribution in [2.24, 2.45) is 0 Å². The van der Waals surface area contributed by atoms with Gasteiger partial charge in [0, 0.05) is 24.9 Å². The number of fused-ring (bicyclic) bond motifs is 1. The van der Waals surface area contributed by atoms with Gasteiger partial charge in [0.25, 0.3) is 0 Å². The number of unbranched alkanes of at least 4 members (excludes halogenated alkanes) is 1. The fourth-order valence-electron chi connectivity index (χ4n) is 1.91. The van der Waals surface area contributed by atoms with Gasteiger partial charge in [0.1, 0.15) is 0 Å². The summed E-state index contributed by atoms with van der Waals surface area (Å²) in [5.41, 5.74) is 2.59. The number of benzene rings is 1. The Balaban J connectivity index is 2.21. The third-order valence-electron chi connectivity index (χ3n) is 2.73. The molecule has 1 aromatic heterocycles. The summed E-state index contributed by atoms with van der Waals surface area (Å²) in [7, 11) is 0. The fraction of sp³-hybridized carbons (Fsp3) is 0.385. The molecular formula is C13H17NO. The fourth-order valence-corrected chi connectivity index (χ4v) is 1.91. The highest BCUT2D eigenvalue weighted by molar-refractivity contribution is 5.80. The first-order valence-corrected chi connectivity index (χ1v) is 5.47. The van der Waals surface area contributed by atoms with Gasteiger partial charge in [0.05, 0.1) is 0 Å². The van der Waals surface area contributed by atoms with Crippen LogP contribution in [-0.4, -0.2) is 16.3 Å². The van der Waals surface area contributed by atoms with Gasteiger partial charge in [0.15, 0.2) is 0 Å². The number of aliphatic hydroxyl groups excluding tert-OH is 1. The van der Waals surface area contributed by atoms with Crippen LogP contribution in [0.4, 0.5) is 0 Å². The summed E-state index contributed by atoms with van der Waals surface area (Å²) in [4.78, 5) is 0. The molecular weight excluding hydrogens is 186 g/mol. The molecule has 0 unspecified atom stereocenters. The van der Waals surface area contributed by atoms with E-state index in [1.54, 1.807) is 0 Å². The molecule has 0 bridgehead atoms. The molecule has 0 atom stereocenters. The average Bonchev–Trinajstić information content (AvgIpc) is 2.61. The molecule has 2 rings (SSSR count). The van der Waals surface area contributed by atoms with Gasteiger partial charge in [-0.15, -0.1) is 0 Å². The number of aryl methyl sites for hydroxylation is 2. The predicted molar refractivity (Wildman–Crippen MR) is 63.0 cm³/mol. The second-order valence-electron chi connectivity index (χ2n) is 4.00. The van der Waals surface area contributed by atoms with E-state index in [9.17, 15) is 0 Å². The minimum absolute atomic E-state index is 0.290. The smallest absolute Gasteiger partial charge is 0.0480 e. The largest absolute Gasteiger partial charge is 0.396 e. The Morgan fingerprint density at radius 1 is 1.20 bits per heavy atom. The van der Waals surface area contributed by atoms with E-state index in [-0.39, 0.29) is 6.61 Å². The van der Waals surface area contributed by atoms with Crippen LogP contribution in [0.15, 0.2) is 30.5 Å². The average molecular weight is 203 g/mol. The quantitative estimate of drug-likeness (QED) is 0.759. The Morgan fingerprint density at radius 3 is 2.87 bits per heavy atom. The van der Waals surface area contributed by atoms with Crippen LogP contribution in [0.3, 0.4) is 0 Å². The Morgan fingerprint density at radius 2 is 2.07 bits per heavy atom. The zero-order valence-electron chi connectivity index (χ0n) is 9.11. The van der Waals surface area contributed by atoms with Crippen LogP contribution in [0.5, 0.6) is 0 Å². The molecule has 15 heavy (non-hydrogen) atoms. The molecule has 1 aromatic carbocycles. The van der Waals surface area contributed by atoms with Gasteiger partial charge in [-0.2, -0.15) is 0 Å². The van der Waals surface area contributed by atoms with Crippen molar-refractivity contribution in [1.82, 2.24) is 4.57 Å². The Bertz CT molecular complexity index is 445. The number of hydrogen-bond donors (Lipinski definition) is 1. The lowest BCUT2D eigenvalue weighted by molar-refractivity contribution is 0.281. The number of hydrogen-bond acceptors (Lipinski definition) is 1. The van der Waals surface area contributed by atoms with E-state index >= 15 is 0 Å².